The lowest BCUT2D eigenvalue weighted by molar-refractivity contribution is -0.122. The first-order valence-electron chi connectivity index (χ1n) is 10.5. The highest BCUT2D eigenvalue weighted by atomic mass is 35.5. The maximum Gasteiger partial charge on any atom is 0.337 e. The SMILES string of the molecule is CCCOc1c(Cl)cc(/C=C2\C(=O)NC(=O)N(c3ccc(C(=O)OC)cc3)C2=O)cc1OCC. The van der Waals surface area contributed by atoms with Gasteiger partial charge in [-0.1, -0.05) is 18.5 Å². The number of halogens is 1. The minimum Gasteiger partial charge on any atom is -0.490 e. The normalized spacial score (nSPS) is 14.8. The van der Waals surface area contributed by atoms with E-state index in [0.29, 0.717) is 30.3 Å². The van der Waals surface area contributed by atoms with Gasteiger partial charge in [-0.3, -0.25) is 14.9 Å². The fourth-order valence-electron chi connectivity index (χ4n) is 3.20. The zero-order chi connectivity index (χ0) is 24.8. The van der Waals surface area contributed by atoms with Gasteiger partial charge in [-0.2, -0.15) is 0 Å². The third kappa shape index (κ3) is 5.20. The monoisotopic (exact) mass is 486 g/mol. The number of hydrogen-bond donors (Lipinski definition) is 1. The van der Waals surface area contributed by atoms with E-state index in [-0.39, 0.29) is 21.8 Å². The molecule has 0 spiro atoms. The molecule has 1 heterocycles. The number of ether oxygens (including phenoxy) is 3. The Labute approximate surface area is 201 Å². The number of methoxy groups -OCH3 is 1. The van der Waals surface area contributed by atoms with Gasteiger partial charge in [0.15, 0.2) is 11.5 Å². The number of carbonyl (C=O) groups excluding carboxylic acids is 4. The third-order valence-corrected chi connectivity index (χ3v) is 5.02. The Balaban J connectivity index is 1.98. The van der Waals surface area contributed by atoms with Crippen LogP contribution < -0.4 is 19.7 Å². The summed E-state index contributed by atoms with van der Waals surface area (Å²) in [6.07, 6.45) is 2.09. The number of nitrogens with one attached hydrogen (secondary N) is 1. The fraction of sp³-hybridized carbons (Fsp3) is 0.250. The Bertz CT molecular complexity index is 1160. The highest BCUT2D eigenvalue weighted by Gasteiger charge is 2.37. The Kier molecular flexibility index (Phi) is 7.91. The average molecular weight is 487 g/mol. The first-order valence-corrected chi connectivity index (χ1v) is 10.9. The maximum atomic E-state index is 13.1. The number of anilines is 1. The summed E-state index contributed by atoms with van der Waals surface area (Å²) in [5, 5.41) is 2.40. The number of nitrogens with zero attached hydrogens (tertiary/aromatic N) is 1. The lowest BCUT2D eigenvalue weighted by Gasteiger charge is -2.26. The van der Waals surface area contributed by atoms with Crippen LogP contribution in [0.3, 0.4) is 0 Å². The van der Waals surface area contributed by atoms with Crippen molar-refractivity contribution in [2.75, 3.05) is 25.2 Å². The minimum atomic E-state index is -0.908. The second-order valence-electron chi connectivity index (χ2n) is 7.11. The van der Waals surface area contributed by atoms with Crippen LogP contribution in [0.5, 0.6) is 11.5 Å². The van der Waals surface area contributed by atoms with E-state index in [1.807, 2.05) is 6.92 Å². The Morgan fingerprint density at radius 1 is 1.09 bits per heavy atom. The summed E-state index contributed by atoms with van der Waals surface area (Å²) in [7, 11) is 1.24. The maximum absolute atomic E-state index is 13.1. The molecule has 0 radical (unpaired) electrons. The molecule has 1 fully saturated rings. The summed E-state index contributed by atoms with van der Waals surface area (Å²) < 4.78 is 15.9. The fourth-order valence-corrected chi connectivity index (χ4v) is 3.48. The van der Waals surface area contributed by atoms with Crippen LogP contribution in [0.2, 0.25) is 5.02 Å². The topological polar surface area (TPSA) is 111 Å². The van der Waals surface area contributed by atoms with Crippen molar-refractivity contribution in [3.63, 3.8) is 0 Å². The highest BCUT2D eigenvalue weighted by molar-refractivity contribution is 6.39. The average Bonchev–Trinajstić information content (AvgIpc) is 2.81. The van der Waals surface area contributed by atoms with Gasteiger partial charge >= 0.3 is 12.0 Å². The predicted molar refractivity (Wildman–Crippen MR) is 125 cm³/mol. The zero-order valence-electron chi connectivity index (χ0n) is 18.8. The van der Waals surface area contributed by atoms with E-state index in [9.17, 15) is 19.2 Å². The quantitative estimate of drug-likeness (QED) is 0.341. The number of esters is 1. The molecule has 0 saturated carbocycles. The van der Waals surface area contributed by atoms with Crippen LogP contribution >= 0.6 is 11.6 Å². The van der Waals surface area contributed by atoms with Gasteiger partial charge in [-0.15, -0.1) is 0 Å². The standard InChI is InChI=1S/C24H23ClN2O7/c1-4-10-34-20-18(25)12-14(13-19(20)33-5-2)11-17-21(28)26-24(31)27(22(17)29)16-8-6-15(7-9-16)23(30)32-3/h6-9,11-13H,4-5,10H2,1-3H3,(H,26,28,31)/b17-11+. The summed E-state index contributed by atoms with van der Waals surface area (Å²) >= 11 is 6.37. The molecule has 0 aromatic heterocycles. The summed E-state index contributed by atoms with van der Waals surface area (Å²) in [5.74, 6) is -1.51. The van der Waals surface area contributed by atoms with Crippen molar-refractivity contribution in [3.8, 4) is 11.5 Å². The number of imide groups is 2. The number of benzene rings is 2. The molecule has 4 amide bonds. The molecule has 0 bridgehead atoms. The number of amides is 4. The molecule has 0 unspecified atom stereocenters. The second-order valence-corrected chi connectivity index (χ2v) is 7.51. The molecule has 1 aliphatic heterocycles. The molecule has 3 rings (SSSR count). The van der Waals surface area contributed by atoms with Crippen LogP contribution in [-0.2, 0) is 14.3 Å². The van der Waals surface area contributed by atoms with Crippen LogP contribution in [0.15, 0.2) is 42.0 Å². The van der Waals surface area contributed by atoms with E-state index in [0.717, 1.165) is 11.3 Å². The first-order chi connectivity index (χ1) is 16.3. The minimum absolute atomic E-state index is 0.171. The molecule has 2 aromatic rings. The van der Waals surface area contributed by atoms with E-state index in [2.05, 4.69) is 10.1 Å². The van der Waals surface area contributed by atoms with Gasteiger partial charge in [0.05, 0.1) is 36.6 Å². The summed E-state index contributed by atoms with van der Waals surface area (Å²) in [6, 6.07) is 7.85. The van der Waals surface area contributed by atoms with E-state index in [1.54, 1.807) is 13.0 Å². The van der Waals surface area contributed by atoms with Crippen molar-refractivity contribution in [2.24, 2.45) is 0 Å². The van der Waals surface area contributed by atoms with E-state index in [4.69, 9.17) is 21.1 Å². The number of hydrogen-bond acceptors (Lipinski definition) is 7. The number of urea groups is 1. The highest BCUT2D eigenvalue weighted by Crippen LogP contribution is 2.37. The first kappa shape index (κ1) is 24.8. The lowest BCUT2D eigenvalue weighted by atomic mass is 10.1. The molecule has 1 saturated heterocycles. The van der Waals surface area contributed by atoms with Crippen molar-refractivity contribution in [2.45, 2.75) is 20.3 Å². The Morgan fingerprint density at radius 3 is 2.41 bits per heavy atom. The van der Waals surface area contributed by atoms with E-state index in [1.165, 1.54) is 43.5 Å². The van der Waals surface area contributed by atoms with Gasteiger partial charge in [-0.05, 0) is 61.4 Å². The molecule has 0 aliphatic carbocycles. The third-order valence-electron chi connectivity index (χ3n) is 4.74. The Morgan fingerprint density at radius 2 is 1.79 bits per heavy atom. The van der Waals surface area contributed by atoms with Crippen LogP contribution in [0.4, 0.5) is 10.5 Å². The molecular formula is C24H23ClN2O7. The van der Waals surface area contributed by atoms with Gasteiger partial charge in [0.1, 0.15) is 5.57 Å². The van der Waals surface area contributed by atoms with Gasteiger partial charge in [0.2, 0.25) is 0 Å². The molecule has 1 aliphatic rings. The number of barbiturate groups is 1. The van der Waals surface area contributed by atoms with Gasteiger partial charge in [0, 0.05) is 0 Å². The van der Waals surface area contributed by atoms with Crippen molar-refractivity contribution in [3.05, 3.63) is 58.1 Å². The van der Waals surface area contributed by atoms with Crippen LogP contribution in [0, 0.1) is 0 Å². The van der Waals surface area contributed by atoms with Crippen molar-refractivity contribution in [1.29, 1.82) is 0 Å². The van der Waals surface area contributed by atoms with Crippen molar-refractivity contribution < 1.29 is 33.4 Å². The second kappa shape index (κ2) is 10.8. The van der Waals surface area contributed by atoms with E-state index < -0.39 is 23.8 Å². The van der Waals surface area contributed by atoms with Gasteiger partial charge in [-0.25, -0.2) is 14.5 Å². The van der Waals surface area contributed by atoms with E-state index >= 15 is 0 Å². The molecule has 0 atom stereocenters. The molecule has 2 aromatic carbocycles. The zero-order valence-corrected chi connectivity index (χ0v) is 19.6. The molecule has 1 N–H and O–H groups in total. The number of rotatable bonds is 8. The molecule has 10 heteroatoms. The number of carbonyl (C=O) groups is 4. The largest absolute Gasteiger partial charge is 0.490 e. The summed E-state index contributed by atoms with van der Waals surface area (Å²) in [5.41, 5.74) is 0.542. The molecule has 178 valence electrons. The molecule has 34 heavy (non-hydrogen) atoms. The predicted octanol–water partition coefficient (Wildman–Crippen LogP) is 3.98. The molecule has 9 nitrogen and oxygen atoms in total. The summed E-state index contributed by atoms with van der Waals surface area (Å²) in [4.78, 5) is 50.5. The van der Waals surface area contributed by atoms with Crippen molar-refractivity contribution >= 4 is 47.2 Å². The smallest absolute Gasteiger partial charge is 0.337 e. The van der Waals surface area contributed by atoms with Gasteiger partial charge < -0.3 is 14.2 Å². The van der Waals surface area contributed by atoms with Crippen LogP contribution in [-0.4, -0.2) is 44.1 Å². The van der Waals surface area contributed by atoms with Crippen LogP contribution in [0.25, 0.3) is 6.08 Å². The lowest BCUT2D eigenvalue weighted by Crippen LogP contribution is -2.54. The summed E-state index contributed by atoms with van der Waals surface area (Å²) in [6.45, 7) is 4.54. The van der Waals surface area contributed by atoms with Gasteiger partial charge in [0.25, 0.3) is 11.8 Å². The van der Waals surface area contributed by atoms with Crippen molar-refractivity contribution in [1.82, 2.24) is 5.32 Å². The Hall–Kier alpha value is -3.85. The van der Waals surface area contributed by atoms with Crippen LogP contribution in [0.1, 0.15) is 36.2 Å². The molecular weight excluding hydrogens is 464 g/mol.